The fraction of sp³-hybridized carbons (Fsp3) is 0.143. The molecule has 0 aliphatic heterocycles. The van der Waals surface area contributed by atoms with E-state index in [9.17, 15) is 9.59 Å². The summed E-state index contributed by atoms with van der Waals surface area (Å²) in [4.78, 5) is 24.5. The number of benzene rings is 2. The van der Waals surface area contributed by atoms with Crippen LogP contribution in [0.3, 0.4) is 0 Å². The van der Waals surface area contributed by atoms with E-state index in [1.165, 1.54) is 13.4 Å². The Kier molecular flexibility index (Phi) is 5.96. The van der Waals surface area contributed by atoms with Crippen molar-refractivity contribution in [1.82, 2.24) is 0 Å². The molecule has 3 aromatic rings. The Morgan fingerprint density at radius 2 is 1.64 bits per heavy atom. The van der Waals surface area contributed by atoms with Crippen LogP contribution in [0.25, 0.3) is 0 Å². The van der Waals surface area contributed by atoms with Crippen molar-refractivity contribution in [2.45, 2.75) is 13.0 Å². The third-order valence-corrected chi connectivity index (χ3v) is 3.87. The van der Waals surface area contributed by atoms with Gasteiger partial charge in [-0.1, -0.05) is 18.2 Å². The number of carbonyl (C=O) groups excluding carboxylic acids is 2. The zero-order chi connectivity index (χ0) is 19.9. The van der Waals surface area contributed by atoms with E-state index in [0.717, 1.165) is 0 Å². The van der Waals surface area contributed by atoms with Crippen molar-refractivity contribution in [3.05, 3.63) is 72.7 Å². The number of amides is 2. The van der Waals surface area contributed by atoms with Crippen molar-refractivity contribution in [3.63, 3.8) is 0 Å². The molecular formula is C21H20N2O5. The van der Waals surface area contributed by atoms with Gasteiger partial charge >= 0.3 is 0 Å². The average molecular weight is 380 g/mol. The first-order chi connectivity index (χ1) is 13.6. The second-order valence-corrected chi connectivity index (χ2v) is 5.91. The first-order valence-corrected chi connectivity index (χ1v) is 8.62. The summed E-state index contributed by atoms with van der Waals surface area (Å²) in [7, 11) is 1.54. The smallest absolute Gasteiger partial charge is 0.291 e. The summed E-state index contributed by atoms with van der Waals surface area (Å²) in [5.41, 5.74) is 1.05. The Balaban J connectivity index is 1.63. The third kappa shape index (κ3) is 4.70. The molecule has 1 unspecified atom stereocenters. The Bertz CT molecular complexity index is 953. The SMILES string of the molecule is COc1ccccc1OC(C)C(=O)Nc1cccc(NC(=O)c2ccco2)c1. The van der Waals surface area contributed by atoms with Gasteiger partial charge in [0.2, 0.25) is 0 Å². The summed E-state index contributed by atoms with van der Waals surface area (Å²) >= 11 is 0. The van der Waals surface area contributed by atoms with Gasteiger partial charge in [-0.3, -0.25) is 9.59 Å². The Labute approximate surface area is 162 Å². The number of ether oxygens (including phenoxy) is 2. The number of hydrogen-bond donors (Lipinski definition) is 2. The third-order valence-electron chi connectivity index (χ3n) is 3.87. The molecule has 7 heteroatoms. The van der Waals surface area contributed by atoms with Crippen LogP contribution >= 0.6 is 0 Å². The molecule has 2 N–H and O–H groups in total. The van der Waals surface area contributed by atoms with Crippen LogP contribution in [0.2, 0.25) is 0 Å². The summed E-state index contributed by atoms with van der Waals surface area (Å²) in [5, 5.41) is 5.48. The number of rotatable bonds is 7. The van der Waals surface area contributed by atoms with Gasteiger partial charge in [-0.25, -0.2) is 0 Å². The average Bonchev–Trinajstić information content (AvgIpc) is 3.23. The molecule has 2 amide bonds. The molecule has 1 heterocycles. The van der Waals surface area contributed by atoms with Gasteiger partial charge in [-0.05, 0) is 49.4 Å². The number of carbonyl (C=O) groups is 2. The number of methoxy groups -OCH3 is 1. The molecular weight excluding hydrogens is 360 g/mol. The molecule has 0 saturated carbocycles. The van der Waals surface area contributed by atoms with Crippen LogP contribution in [0.1, 0.15) is 17.5 Å². The zero-order valence-electron chi connectivity index (χ0n) is 15.5. The Morgan fingerprint density at radius 3 is 2.32 bits per heavy atom. The largest absolute Gasteiger partial charge is 0.493 e. The normalized spacial score (nSPS) is 11.4. The summed E-state index contributed by atoms with van der Waals surface area (Å²) < 4.78 is 16.0. The molecule has 0 saturated heterocycles. The molecule has 28 heavy (non-hydrogen) atoms. The first-order valence-electron chi connectivity index (χ1n) is 8.62. The Hall–Kier alpha value is -3.74. The van der Waals surface area contributed by atoms with Crippen molar-refractivity contribution in [2.24, 2.45) is 0 Å². The number of nitrogens with one attached hydrogen (secondary N) is 2. The number of para-hydroxylation sites is 2. The molecule has 0 fully saturated rings. The topological polar surface area (TPSA) is 89.8 Å². The second kappa shape index (κ2) is 8.77. The highest BCUT2D eigenvalue weighted by Crippen LogP contribution is 2.27. The fourth-order valence-electron chi connectivity index (χ4n) is 2.48. The minimum atomic E-state index is -0.752. The summed E-state index contributed by atoms with van der Waals surface area (Å²) in [6.07, 6.45) is 0.673. The molecule has 1 atom stereocenters. The number of anilines is 2. The maximum atomic E-state index is 12.5. The van der Waals surface area contributed by atoms with E-state index < -0.39 is 6.10 Å². The predicted octanol–water partition coefficient (Wildman–Crippen LogP) is 3.95. The van der Waals surface area contributed by atoms with Crippen molar-refractivity contribution < 1.29 is 23.5 Å². The molecule has 0 radical (unpaired) electrons. The fourth-order valence-corrected chi connectivity index (χ4v) is 2.48. The van der Waals surface area contributed by atoms with Crippen LogP contribution < -0.4 is 20.1 Å². The lowest BCUT2D eigenvalue weighted by Gasteiger charge is -2.17. The minimum Gasteiger partial charge on any atom is -0.493 e. The molecule has 3 rings (SSSR count). The molecule has 7 nitrogen and oxygen atoms in total. The predicted molar refractivity (Wildman–Crippen MR) is 105 cm³/mol. The van der Waals surface area contributed by atoms with E-state index in [-0.39, 0.29) is 17.6 Å². The lowest BCUT2D eigenvalue weighted by Crippen LogP contribution is -2.30. The summed E-state index contributed by atoms with van der Waals surface area (Å²) in [5.74, 6) is 0.520. The molecule has 1 aromatic heterocycles. The first kappa shape index (κ1) is 19.0. The van der Waals surface area contributed by atoms with Gasteiger partial charge in [0.1, 0.15) is 0 Å². The van der Waals surface area contributed by atoms with Crippen molar-refractivity contribution in [1.29, 1.82) is 0 Å². The molecule has 0 bridgehead atoms. The van der Waals surface area contributed by atoms with Gasteiger partial charge in [-0.15, -0.1) is 0 Å². The maximum absolute atomic E-state index is 12.5. The van der Waals surface area contributed by atoms with Crippen LogP contribution in [0.5, 0.6) is 11.5 Å². The lowest BCUT2D eigenvalue weighted by atomic mass is 10.2. The van der Waals surface area contributed by atoms with Crippen LogP contribution in [0.4, 0.5) is 11.4 Å². The summed E-state index contributed by atoms with van der Waals surface area (Å²) in [6, 6.07) is 17.1. The molecule has 0 aliphatic rings. The Morgan fingerprint density at radius 1 is 0.929 bits per heavy atom. The highest BCUT2D eigenvalue weighted by molar-refractivity contribution is 6.02. The maximum Gasteiger partial charge on any atom is 0.291 e. The van der Waals surface area contributed by atoms with Crippen LogP contribution in [0.15, 0.2) is 71.3 Å². The van der Waals surface area contributed by atoms with E-state index in [0.29, 0.717) is 22.9 Å². The highest BCUT2D eigenvalue weighted by Gasteiger charge is 2.17. The van der Waals surface area contributed by atoms with Gasteiger partial charge < -0.3 is 24.5 Å². The van der Waals surface area contributed by atoms with E-state index in [1.807, 2.05) is 6.07 Å². The monoisotopic (exact) mass is 380 g/mol. The van der Waals surface area contributed by atoms with Gasteiger partial charge in [0.15, 0.2) is 23.4 Å². The molecule has 2 aromatic carbocycles. The van der Waals surface area contributed by atoms with E-state index in [4.69, 9.17) is 13.9 Å². The molecule has 0 aliphatic carbocycles. The quantitative estimate of drug-likeness (QED) is 0.648. The van der Waals surface area contributed by atoms with E-state index >= 15 is 0 Å². The van der Waals surface area contributed by atoms with Crippen LogP contribution in [-0.2, 0) is 4.79 Å². The highest BCUT2D eigenvalue weighted by atomic mass is 16.5. The molecule has 0 spiro atoms. The van der Waals surface area contributed by atoms with Gasteiger partial charge in [-0.2, -0.15) is 0 Å². The summed E-state index contributed by atoms with van der Waals surface area (Å²) in [6.45, 7) is 1.64. The van der Waals surface area contributed by atoms with Crippen LogP contribution in [0, 0.1) is 0 Å². The van der Waals surface area contributed by atoms with Crippen molar-refractivity contribution >= 4 is 23.2 Å². The van der Waals surface area contributed by atoms with E-state index in [2.05, 4.69) is 10.6 Å². The number of hydrogen-bond acceptors (Lipinski definition) is 5. The molecule has 144 valence electrons. The van der Waals surface area contributed by atoms with E-state index in [1.54, 1.807) is 61.5 Å². The number of furan rings is 1. The standard InChI is InChI=1S/C21H20N2O5/c1-14(28-18-10-4-3-9-17(18)26-2)20(24)22-15-7-5-8-16(13-15)23-21(25)19-11-6-12-27-19/h3-14H,1-2H3,(H,22,24)(H,23,25). The van der Waals surface area contributed by atoms with Gasteiger partial charge in [0, 0.05) is 11.4 Å². The zero-order valence-corrected chi connectivity index (χ0v) is 15.5. The minimum absolute atomic E-state index is 0.202. The van der Waals surface area contributed by atoms with Crippen molar-refractivity contribution in [3.8, 4) is 11.5 Å². The second-order valence-electron chi connectivity index (χ2n) is 5.91. The van der Waals surface area contributed by atoms with Gasteiger partial charge in [0.05, 0.1) is 13.4 Å². The van der Waals surface area contributed by atoms with Crippen LogP contribution in [-0.4, -0.2) is 25.0 Å². The van der Waals surface area contributed by atoms with Crippen molar-refractivity contribution in [2.75, 3.05) is 17.7 Å². The van der Waals surface area contributed by atoms with Gasteiger partial charge in [0.25, 0.3) is 11.8 Å². The lowest BCUT2D eigenvalue weighted by molar-refractivity contribution is -0.122.